The highest BCUT2D eigenvalue weighted by atomic mass is 35.5. The topological polar surface area (TPSA) is 63.5 Å². The number of amides is 1. The highest BCUT2D eigenvalue weighted by Crippen LogP contribution is 2.20. The quantitative estimate of drug-likeness (QED) is 0.641. The van der Waals surface area contributed by atoms with Gasteiger partial charge in [0.15, 0.2) is 0 Å². The Morgan fingerprint density at radius 1 is 1.24 bits per heavy atom. The molecule has 0 radical (unpaired) electrons. The van der Waals surface area contributed by atoms with Crippen LogP contribution in [0.3, 0.4) is 0 Å². The van der Waals surface area contributed by atoms with Crippen LogP contribution in [0.1, 0.15) is 15.9 Å². The fourth-order valence-electron chi connectivity index (χ4n) is 2.00. The van der Waals surface area contributed by atoms with Gasteiger partial charge in [-0.3, -0.25) is 14.9 Å². The average molecular weight is 305 g/mol. The number of hydrogen-bond acceptors (Lipinski definition) is 3. The van der Waals surface area contributed by atoms with Gasteiger partial charge in [-0.05, 0) is 23.8 Å². The Labute approximate surface area is 126 Å². The molecule has 5 nitrogen and oxygen atoms in total. The minimum Gasteiger partial charge on any atom is -0.337 e. The number of halogens is 1. The molecule has 1 amide bonds. The lowest BCUT2D eigenvalue weighted by molar-refractivity contribution is -0.385. The van der Waals surface area contributed by atoms with Gasteiger partial charge in [0.05, 0.1) is 4.92 Å². The van der Waals surface area contributed by atoms with E-state index < -0.39 is 10.8 Å². The summed E-state index contributed by atoms with van der Waals surface area (Å²) in [6, 6.07) is 13.0. The molecule has 0 aliphatic rings. The van der Waals surface area contributed by atoms with Crippen molar-refractivity contribution in [2.24, 2.45) is 0 Å². The SMILES string of the molecule is CN(Cc1cccc(Cl)c1)C(=O)c1ccccc1[N+](=O)[O-]. The maximum atomic E-state index is 12.3. The van der Waals surface area contributed by atoms with Gasteiger partial charge in [-0.25, -0.2) is 0 Å². The van der Waals surface area contributed by atoms with Crippen molar-refractivity contribution < 1.29 is 9.72 Å². The summed E-state index contributed by atoms with van der Waals surface area (Å²) >= 11 is 5.90. The molecule has 2 aromatic carbocycles. The molecule has 2 aromatic rings. The molecule has 108 valence electrons. The van der Waals surface area contributed by atoms with Gasteiger partial charge in [0, 0.05) is 24.7 Å². The fourth-order valence-corrected chi connectivity index (χ4v) is 2.21. The van der Waals surface area contributed by atoms with Crippen LogP contribution in [-0.2, 0) is 6.54 Å². The number of nitro benzene ring substituents is 1. The van der Waals surface area contributed by atoms with Crippen molar-refractivity contribution in [1.29, 1.82) is 0 Å². The van der Waals surface area contributed by atoms with Gasteiger partial charge in [0.25, 0.3) is 11.6 Å². The van der Waals surface area contributed by atoms with Crippen molar-refractivity contribution in [3.63, 3.8) is 0 Å². The molecule has 0 aliphatic heterocycles. The maximum absolute atomic E-state index is 12.3. The van der Waals surface area contributed by atoms with Crippen LogP contribution in [0.4, 0.5) is 5.69 Å². The second-order valence-electron chi connectivity index (χ2n) is 4.57. The normalized spacial score (nSPS) is 10.2. The predicted molar refractivity (Wildman–Crippen MR) is 80.3 cm³/mol. The number of carbonyl (C=O) groups is 1. The number of rotatable bonds is 4. The number of nitrogens with zero attached hydrogens (tertiary/aromatic N) is 2. The third-order valence-corrected chi connectivity index (χ3v) is 3.22. The molecule has 2 rings (SSSR count). The first-order valence-electron chi connectivity index (χ1n) is 6.22. The standard InChI is InChI=1S/C15H13ClN2O3/c1-17(10-11-5-4-6-12(16)9-11)15(19)13-7-2-3-8-14(13)18(20)21/h2-9H,10H2,1H3. The minimum absolute atomic E-state index is 0.0760. The molecule has 21 heavy (non-hydrogen) atoms. The van der Waals surface area contributed by atoms with Gasteiger partial charge in [0.1, 0.15) is 5.56 Å². The lowest BCUT2D eigenvalue weighted by atomic mass is 10.1. The van der Waals surface area contributed by atoms with E-state index in [0.29, 0.717) is 11.6 Å². The van der Waals surface area contributed by atoms with Gasteiger partial charge in [0.2, 0.25) is 0 Å². The van der Waals surface area contributed by atoms with Crippen LogP contribution in [0.15, 0.2) is 48.5 Å². The van der Waals surface area contributed by atoms with Crippen molar-refractivity contribution >= 4 is 23.2 Å². The van der Waals surface area contributed by atoms with E-state index in [9.17, 15) is 14.9 Å². The molecule has 0 bridgehead atoms. The van der Waals surface area contributed by atoms with E-state index in [1.54, 1.807) is 31.3 Å². The van der Waals surface area contributed by atoms with E-state index in [1.165, 1.54) is 23.1 Å². The van der Waals surface area contributed by atoms with E-state index >= 15 is 0 Å². The summed E-state index contributed by atoms with van der Waals surface area (Å²) in [5, 5.41) is 11.6. The summed E-state index contributed by atoms with van der Waals surface area (Å²) in [5.41, 5.74) is 0.740. The lowest BCUT2D eigenvalue weighted by Gasteiger charge is -2.17. The van der Waals surface area contributed by atoms with Crippen LogP contribution in [0.25, 0.3) is 0 Å². The van der Waals surface area contributed by atoms with E-state index in [2.05, 4.69) is 0 Å². The first kappa shape index (κ1) is 15.0. The molecule has 0 spiro atoms. The Hall–Kier alpha value is -2.40. The second-order valence-corrected chi connectivity index (χ2v) is 5.00. The third-order valence-electron chi connectivity index (χ3n) is 2.99. The lowest BCUT2D eigenvalue weighted by Crippen LogP contribution is -2.26. The highest BCUT2D eigenvalue weighted by molar-refractivity contribution is 6.30. The monoisotopic (exact) mass is 304 g/mol. The number of carbonyl (C=O) groups excluding carboxylic acids is 1. The van der Waals surface area contributed by atoms with E-state index in [-0.39, 0.29) is 11.3 Å². The molecule has 0 atom stereocenters. The summed E-state index contributed by atoms with van der Waals surface area (Å²) in [6.07, 6.45) is 0. The highest BCUT2D eigenvalue weighted by Gasteiger charge is 2.22. The molecule has 0 aromatic heterocycles. The first-order valence-corrected chi connectivity index (χ1v) is 6.60. The Kier molecular flexibility index (Phi) is 4.55. The second kappa shape index (κ2) is 6.37. The Morgan fingerprint density at radius 3 is 2.62 bits per heavy atom. The molecule has 0 saturated heterocycles. The van der Waals surface area contributed by atoms with Crippen LogP contribution in [0.2, 0.25) is 5.02 Å². The molecule has 0 unspecified atom stereocenters. The molecular weight excluding hydrogens is 292 g/mol. The zero-order valence-electron chi connectivity index (χ0n) is 11.3. The van der Waals surface area contributed by atoms with Crippen molar-refractivity contribution in [3.05, 3.63) is 74.8 Å². The third kappa shape index (κ3) is 3.58. The number of benzene rings is 2. The molecule has 0 heterocycles. The summed E-state index contributed by atoms with van der Waals surface area (Å²) < 4.78 is 0. The van der Waals surface area contributed by atoms with Crippen molar-refractivity contribution in [2.45, 2.75) is 6.54 Å². The van der Waals surface area contributed by atoms with Crippen LogP contribution in [-0.4, -0.2) is 22.8 Å². The molecule has 6 heteroatoms. The van der Waals surface area contributed by atoms with Gasteiger partial charge < -0.3 is 4.90 Å². The van der Waals surface area contributed by atoms with Crippen LogP contribution >= 0.6 is 11.6 Å². The number of hydrogen-bond donors (Lipinski definition) is 0. The summed E-state index contributed by atoms with van der Waals surface area (Å²) in [7, 11) is 1.60. The van der Waals surface area contributed by atoms with Crippen molar-refractivity contribution in [2.75, 3.05) is 7.05 Å². The summed E-state index contributed by atoms with van der Waals surface area (Å²) in [5.74, 6) is -0.401. The average Bonchev–Trinajstić information content (AvgIpc) is 2.46. The Balaban J connectivity index is 2.22. The predicted octanol–water partition coefficient (Wildman–Crippen LogP) is 3.52. The number of para-hydroxylation sites is 1. The first-order chi connectivity index (χ1) is 9.99. The van der Waals surface area contributed by atoms with Crippen LogP contribution in [0, 0.1) is 10.1 Å². The summed E-state index contributed by atoms with van der Waals surface area (Å²) in [6.45, 7) is 0.325. The van der Waals surface area contributed by atoms with E-state index in [0.717, 1.165) is 5.56 Å². The van der Waals surface area contributed by atoms with Crippen molar-refractivity contribution in [1.82, 2.24) is 4.90 Å². The molecule has 0 saturated carbocycles. The minimum atomic E-state index is -0.555. The molecule has 0 aliphatic carbocycles. The zero-order valence-corrected chi connectivity index (χ0v) is 12.1. The van der Waals surface area contributed by atoms with Gasteiger partial charge >= 0.3 is 0 Å². The van der Waals surface area contributed by atoms with Crippen molar-refractivity contribution in [3.8, 4) is 0 Å². The molecule has 0 N–H and O–H groups in total. The van der Waals surface area contributed by atoms with Crippen LogP contribution in [0.5, 0.6) is 0 Å². The van der Waals surface area contributed by atoms with E-state index in [1.807, 2.05) is 6.07 Å². The Bertz CT molecular complexity index is 688. The number of nitro groups is 1. The van der Waals surface area contributed by atoms with Gasteiger partial charge in [-0.2, -0.15) is 0 Å². The smallest absolute Gasteiger partial charge is 0.282 e. The Morgan fingerprint density at radius 2 is 1.95 bits per heavy atom. The fraction of sp³-hybridized carbons (Fsp3) is 0.133. The van der Waals surface area contributed by atoms with Gasteiger partial charge in [-0.1, -0.05) is 35.9 Å². The largest absolute Gasteiger partial charge is 0.337 e. The summed E-state index contributed by atoms with van der Waals surface area (Å²) in [4.78, 5) is 24.2. The van der Waals surface area contributed by atoms with Gasteiger partial charge in [-0.15, -0.1) is 0 Å². The molecule has 0 fully saturated rings. The zero-order chi connectivity index (χ0) is 15.4. The maximum Gasteiger partial charge on any atom is 0.282 e. The van der Waals surface area contributed by atoms with Crippen LogP contribution < -0.4 is 0 Å². The van der Waals surface area contributed by atoms with E-state index in [4.69, 9.17) is 11.6 Å². The molecular formula is C15H13ClN2O3.